The second kappa shape index (κ2) is 5.99. The molecule has 20 heavy (non-hydrogen) atoms. The summed E-state index contributed by atoms with van der Waals surface area (Å²) < 4.78 is 0. The number of hydrogen-bond acceptors (Lipinski definition) is 1. The van der Waals surface area contributed by atoms with Crippen molar-refractivity contribution in [2.45, 2.75) is 57.9 Å². The van der Waals surface area contributed by atoms with Crippen molar-refractivity contribution in [2.24, 2.45) is 11.8 Å². The van der Waals surface area contributed by atoms with E-state index in [9.17, 15) is 4.79 Å². The van der Waals surface area contributed by atoms with Crippen molar-refractivity contribution < 1.29 is 4.79 Å². The predicted molar refractivity (Wildman–Crippen MR) is 81.5 cm³/mol. The molecule has 2 aliphatic rings. The standard InChI is InChI=1S/C18H25NO/c1-2-13-3-5-14(6-4-13)8-10-18(20)19-17-12-15-7-9-16(17)11-15/h3-6,15-17H,2,7-12H2,1H3,(H,19,20)/t15-,16+,17-/m0/s1. The highest BCUT2D eigenvalue weighted by molar-refractivity contribution is 5.76. The first-order chi connectivity index (χ1) is 9.74. The van der Waals surface area contributed by atoms with Crippen molar-refractivity contribution in [3.63, 3.8) is 0 Å². The SMILES string of the molecule is CCc1ccc(CCC(=O)N[C@H]2C[C@H]3CC[C@@H]2C3)cc1. The van der Waals surface area contributed by atoms with E-state index in [1.54, 1.807) is 0 Å². The first kappa shape index (κ1) is 13.7. The maximum atomic E-state index is 12.1. The minimum absolute atomic E-state index is 0.238. The number of carbonyl (C=O) groups excluding carboxylic acids is 1. The Morgan fingerprint density at radius 1 is 1.15 bits per heavy atom. The Morgan fingerprint density at radius 2 is 1.90 bits per heavy atom. The van der Waals surface area contributed by atoms with E-state index in [2.05, 4.69) is 36.5 Å². The lowest BCUT2D eigenvalue weighted by Crippen LogP contribution is -2.38. The molecule has 2 fully saturated rings. The van der Waals surface area contributed by atoms with Crippen LogP contribution in [0.25, 0.3) is 0 Å². The average molecular weight is 271 g/mol. The second-order valence-corrected chi connectivity index (χ2v) is 6.52. The van der Waals surface area contributed by atoms with Crippen molar-refractivity contribution in [2.75, 3.05) is 0 Å². The van der Waals surface area contributed by atoms with Crippen LogP contribution in [-0.4, -0.2) is 11.9 Å². The first-order valence-corrected chi connectivity index (χ1v) is 8.11. The zero-order chi connectivity index (χ0) is 13.9. The summed E-state index contributed by atoms with van der Waals surface area (Å²) in [6, 6.07) is 9.13. The number of fused-ring (bicyclic) bond motifs is 2. The normalized spacial score (nSPS) is 27.8. The summed E-state index contributed by atoms with van der Waals surface area (Å²) >= 11 is 0. The van der Waals surface area contributed by atoms with Gasteiger partial charge in [0.1, 0.15) is 0 Å². The smallest absolute Gasteiger partial charge is 0.220 e. The molecule has 2 nitrogen and oxygen atoms in total. The fourth-order valence-electron chi connectivity index (χ4n) is 3.90. The van der Waals surface area contributed by atoms with Gasteiger partial charge in [0.2, 0.25) is 5.91 Å². The van der Waals surface area contributed by atoms with Gasteiger partial charge in [-0.1, -0.05) is 37.6 Å². The van der Waals surface area contributed by atoms with Crippen molar-refractivity contribution in [1.29, 1.82) is 0 Å². The summed E-state index contributed by atoms with van der Waals surface area (Å²) in [7, 11) is 0. The van der Waals surface area contributed by atoms with Crippen LogP contribution in [0.3, 0.4) is 0 Å². The molecular formula is C18H25NO. The highest BCUT2D eigenvalue weighted by Gasteiger charge is 2.39. The molecule has 2 saturated carbocycles. The Kier molecular flexibility index (Phi) is 4.09. The molecule has 0 aromatic heterocycles. The minimum Gasteiger partial charge on any atom is -0.353 e. The molecule has 3 rings (SSSR count). The third kappa shape index (κ3) is 3.05. The Labute approximate surface area is 122 Å². The van der Waals surface area contributed by atoms with E-state index in [1.807, 2.05) is 0 Å². The van der Waals surface area contributed by atoms with Gasteiger partial charge in [0, 0.05) is 12.5 Å². The van der Waals surface area contributed by atoms with Gasteiger partial charge in [-0.15, -0.1) is 0 Å². The van der Waals surface area contributed by atoms with Crippen LogP contribution >= 0.6 is 0 Å². The summed E-state index contributed by atoms with van der Waals surface area (Å²) in [4.78, 5) is 12.1. The molecule has 0 spiro atoms. The molecule has 0 unspecified atom stereocenters. The highest BCUT2D eigenvalue weighted by atomic mass is 16.1. The Morgan fingerprint density at radius 3 is 2.50 bits per heavy atom. The fraction of sp³-hybridized carbons (Fsp3) is 0.611. The predicted octanol–water partition coefficient (Wildman–Crippen LogP) is 3.49. The average Bonchev–Trinajstić information content (AvgIpc) is 3.08. The van der Waals surface area contributed by atoms with Gasteiger partial charge in [-0.2, -0.15) is 0 Å². The first-order valence-electron chi connectivity index (χ1n) is 8.11. The van der Waals surface area contributed by atoms with Gasteiger partial charge >= 0.3 is 0 Å². The van der Waals surface area contributed by atoms with Crippen molar-refractivity contribution in [3.05, 3.63) is 35.4 Å². The number of amides is 1. The quantitative estimate of drug-likeness (QED) is 0.872. The van der Waals surface area contributed by atoms with E-state index >= 15 is 0 Å². The van der Waals surface area contributed by atoms with E-state index in [4.69, 9.17) is 0 Å². The van der Waals surface area contributed by atoms with E-state index in [0.29, 0.717) is 12.5 Å². The lowest BCUT2D eigenvalue weighted by atomic mass is 9.95. The van der Waals surface area contributed by atoms with E-state index in [1.165, 1.54) is 36.8 Å². The van der Waals surface area contributed by atoms with Crippen molar-refractivity contribution >= 4 is 5.91 Å². The van der Waals surface area contributed by atoms with Gasteiger partial charge in [0.25, 0.3) is 0 Å². The number of rotatable bonds is 5. The molecule has 1 aromatic carbocycles. The van der Waals surface area contributed by atoms with Gasteiger partial charge in [-0.25, -0.2) is 0 Å². The van der Waals surface area contributed by atoms with Crippen LogP contribution in [0.1, 0.15) is 50.2 Å². The molecule has 1 amide bonds. The van der Waals surface area contributed by atoms with Crippen LogP contribution in [0.5, 0.6) is 0 Å². The summed E-state index contributed by atoms with van der Waals surface area (Å²) in [5.41, 5.74) is 2.63. The topological polar surface area (TPSA) is 29.1 Å². The largest absolute Gasteiger partial charge is 0.353 e. The third-order valence-corrected chi connectivity index (χ3v) is 5.16. The molecule has 2 heteroatoms. The molecular weight excluding hydrogens is 246 g/mol. The molecule has 0 radical (unpaired) electrons. The number of benzene rings is 1. The van der Waals surface area contributed by atoms with Crippen LogP contribution in [-0.2, 0) is 17.6 Å². The maximum absolute atomic E-state index is 12.1. The summed E-state index contributed by atoms with van der Waals surface area (Å²) in [6.07, 6.45) is 7.85. The molecule has 0 heterocycles. The molecule has 0 aliphatic heterocycles. The number of hydrogen-bond donors (Lipinski definition) is 1. The van der Waals surface area contributed by atoms with Gasteiger partial charge in [-0.05, 0) is 55.1 Å². The molecule has 2 bridgehead atoms. The third-order valence-electron chi connectivity index (χ3n) is 5.16. The molecule has 2 aliphatic carbocycles. The summed E-state index contributed by atoms with van der Waals surface area (Å²) in [6.45, 7) is 2.16. The molecule has 1 aromatic rings. The molecule has 3 atom stereocenters. The highest BCUT2D eigenvalue weighted by Crippen LogP contribution is 2.44. The summed E-state index contributed by atoms with van der Waals surface area (Å²) in [5, 5.41) is 3.26. The van der Waals surface area contributed by atoms with Crippen LogP contribution in [0.2, 0.25) is 0 Å². The van der Waals surface area contributed by atoms with Crippen molar-refractivity contribution in [1.82, 2.24) is 5.32 Å². The fourth-order valence-corrected chi connectivity index (χ4v) is 3.90. The zero-order valence-electron chi connectivity index (χ0n) is 12.4. The molecule has 108 valence electrons. The van der Waals surface area contributed by atoms with Crippen LogP contribution < -0.4 is 5.32 Å². The van der Waals surface area contributed by atoms with Crippen LogP contribution in [0.4, 0.5) is 0 Å². The molecule has 1 N–H and O–H groups in total. The number of carbonyl (C=O) groups is 1. The lowest BCUT2D eigenvalue weighted by molar-refractivity contribution is -0.122. The monoisotopic (exact) mass is 271 g/mol. The Balaban J connectivity index is 1.44. The van der Waals surface area contributed by atoms with Gasteiger partial charge < -0.3 is 5.32 Å². The Bertz CT molecular complexity index is 465. The number of aryl methyl sites for hydroxylation is 2. The number of nitrogens with one attached hydrogen (secondary N) is 1. The second-order valence-electron chi connectivity index (χ2n) is 6.52. The Hall–Kier alpha value is -1.31. The minimum atomic E-state index is 0.238. The van der Waals surface area contributed by atoms with Crippen LogP contribution in [0.15, 0.2) is 24.3 Å². The summed E-state index contributed by atoms with van der Waals surface area (Å²) in [5.74, 6) is 1.90. The van der Waals surface area contributed by atoms with E-state index in [-0.39, 0.29) is 5.91 Å². The lowest BCUT2D eigenvalue weighted by Gasteiger charge is -2.22. The molecule has 0 saturated heterocycles. The van der Waals surface area contributed by atoms with E-state index < -0.39 is 0 Å². The van der Waals surface area contributed by atoms with Gasteiger partial charge in [0.05, 0.1) is 0 Å². The van der Waals surface area contributed by atoms with E-state index in [0.717, 1.165) is 24.7 Å². The zero-order valence-corrected chi connectivity index (χ0v) is 12.4. The van der Waals surface area contributed by atoms with Crippen LogP contribution in [0, 0.1) is 11.8 Å². The van der Waals surface area contributed by atoms with Gasteiger partial charge in [-0.3, -0.25) is 4.79 Å². The maximum Gasteiger partial charge on any atom is 0.220 e. The van der Waals surface area contributed by atoms with Crippen molar-refractivity contribution in [3.8, 4) is 0 Å². The van der Waals surface area contributed by atoms with Gasteiger partial charge in [0.15, 0.2) is 0 Å².